The molecule has 182 valence electrons. The lowest BCUT2D eigenvalue weighted by Gasteiger charge is -2.37. The van der Waals surface area contributed by atoms with Crippen LogP contribution in [0.3, 0.4) is 0 Å². The van der Waals surface area contributed by atoms with Gasteiger partial charge in [0, 0.05) is 30.1 Å². The van der Waals surface area contributed by atoms with Gasteiger partial charge in [0.25, 0.3) is 0 Å². The second kappa shape index (κ2) is 11.7. The predicted octanol–water partition coefficient (Wildman–Crippen LogP) is 4.29. The van der Waals surface area contributed by atoms with Crippen molar-refractivity contribution in [1.82, 2.24) is 20.1 Å². The zero-order valence-electron chi connectivity index (χ0n) is 19.7. The maximum atomic E-state index is 15.4. The van der Waals surface area contributed by atoms with E-state index in [1.54, 1.807) is 37.8 Å². The SMILES string of the molecule is COc1ccc2nccc([C@@H](F)CC[C@@H]3CCN(CC#Cc4ccnnc4)C[C@@H]3CC(=O)O)c2c1. The molecule has 0 aliphatic carbocycles. The number of likely N-dealkylation sites (tertiary alicyclic amines) is 1. The number of aromatic nitrogens is 3. The molecule has 1 saturated heterocycles. The van der Waals surface area contributed by atoms with E-state index in [1.807, 2.05) is 18.2 Å². The molecule has 1 fully saturated rings. The lowest BCUT2D eigenvalue weighted by atomic mass is 9.79. The van der Waals surface area contributed by atoms with Crippen LogP contribution < -0.4 is 4.74 Å². The number of alkyl halides is 1. The summed E-state index contributed by atoms with van der Waals surface area (Å²) in [5.41, 5.74) is 2.13. The molecule has 1 N–H and O–H groups in total. The highest BCUT2D eigenvalue weighted by Gasteiger charge is 2.31. The maximum absolute atomic E-state index is 15.4. The number of hydrogen-bond donors (Lipinski definition) is 1. The van der Waals surface area contributed by atoms with Gasteiger partial charge in [-0.2, -0.15) is 10.2 Å². The van der Waals surface area contributed by atoms with Crippen molar-refractivity contribution >= 4 is 16.9 Å². The summed E-state index contributed by atoms with van der Waals surface area (Å²) in [4.78, 5) is 18.1. The Bertz CT molecular complexity index is 1210. The summed E-state index contributed by atoms with van der Waals surface area (Å²) in [6, 6.07) is 8.99. The molecule has 0 spiro atoms. The largest absolute Gasteiger partial charge is 0.497 e. The quantitative estimate of drug-likeness (QED) is 0.485. The van der Waals surface area contributed by atoms with Crippen LogP contribution in [-0.4, -0.2) is 57.9 Å². The number of methoxy groups -OCH3 is 1. The first-order valence-electron chi connectivity index (χ1n) is 11.8. The number of piperidine rings is 1. The van der Waals surface area contributed by atoms with E-state index < -0.39 is 12.1 Å². The van der Waals surface area contributed by atoms with E-state index in [2.05, 4.69) is 31.9 Å². The average molecular weight is 477 g/mol. The van der Waals surface area contributed by atoms with Crippen LogP contribution in [0.2, 0.25) is 0 Å². The number of rotatable bonds is 8. The van der Waals surface area contributed by atoms with Gasteiger partial charge in [-0.15, -0.1) is 0 Å². The van der Waals surface area contributed by atoms with Crippen molar-refractivity contribution in [2.75, 3.05) is 26.7 Å². The number of carboxylic acid groups (broad SMARTS) is 1. The summed E-state index contributed by atoms with van der Waals surface area (Å²) >= 11 is 0. The second-order valence-electron chi connectivity index (χ2n) is 8.90. The third kappa shape index (κ3) is 6.52. The van der Waals surface area contributed by atoms with Crippen LogP contribution in [0, 0.1) is 23.7 Å². The highest BCUT2D eigenvalue weighted by molar-refractivity contribution is 5.83. The number of ether oxygens (including phenoxy) is 1. The van der Waals surface area contributed by atoms with Crippen molar-refractivity contribution in [2.24, 2.45) is 11.8 Å². The minimum atomic E-state index is -1.16. The number of halogens is 1. The summed E-state index contributed by atoms with van der Waals surface area (Å²) in [5, 5.41) is 17.8. The monoisotopic (exact) mass is 476 g/mol. The van der Waals surface area contributed by atoms with Crippen LogP contribution in [0.1, 0.15) is 43.0 Å². The molecule has 3 heterocycles. The fourth-order valence-corrected chi connectivity index (χ4v) is 4.82. The van der Waals surface area contributed by atoms with Crippen LogP contribution in [0.5, 0.6) is 5.75 Å². The molecule has 0 radical (unpaired) electrons. The average Bonchev–Trinajstić information content (AvgIpc) is 2.87. The molecule has 0 bridgehead atoms. The smallest absolute Gasteiger partial charge is 0.303 e. The predicted molar refractivity (Wildman–Crippen MR) is 131 cm³/mol. The van der Waals surface area contributed by atoms with Crippen molar-refractivity contribution in [3.8, 4) is 17.6 Å². The molecule has 1 aromatic carbocycles. The molecule has 7 nitrogen and oxygen atoms in total. The van der Waals surface area contributed by atoms with Gasteiger partial charge in [0.05, 0.1) is 31.6 Å². The molecular weight excluding hydrogens is 447 g/mol. The summed E-state index contributed by atoms with van der Waals surface area (Å²) in [6.45, 7) is 2.02. The molecular formula is C27H29FN4O3. The Hall–Kier alpha value is -3.57. The zero-order valence-corrected chi connectivity index (χ0v) is 19.7. The van der Waals surface area contributed by atoms with Crippen molar-refractivity contribution in [2.45, 2.75) is 31.9 Å². The fourth-order valence-electron chi connectivity index (χ4n) is 4.82. The van der Waals surface area contributed by atoms with Gasteiger partial charge in [0.2, 0.25) is 0 Å². The van der Waals surface area contributed by atoms with Crippen LogP contribution in [0.15, 0.2) is 48.9 Å². The zero-order chi connectivity index (χ0) is 24.6. The fraction of sp³-hybridized carbons (Fsp3) is 0.407. The topological polar surface area (TPSA) is 88.4 Å². The Balaban J connectivity index is 1.39. The molecule has 35 heavy (non-hydrogen) atoms. The van der Waals surface area contributed by atoms with Crippen molar-refractivity contribution in [1.29, 1.82) is 0 Å². The highest BCUT2D eigenvalue weighted by Crippen LogP contribution is 2.36. The molecule has 0 saturated carbocycles. The normalized spacial score (nSPS) is 19.0. The van der Waals surface area contributed by atoms with Crippen molar-refractivity contribution in [3.05, 3.63) is 60.0 Å². The number of carbonyl (C=O) groups is 1. The van der Waals surface area contributed by atoms with Gasteiger partial charge < -0.3 is 9.84 Å². The first-order valence-corrected chi connectivity index (χ1v) is 11.8. The van der Waals surface area contributed by atoms with E-state index in [0.29, 0.717) is 37.2 Å². The first kappa shape index (κ1) is 24.6. The minimum absolute atomic E-state index is 0.0351. The van der Waals surface area contributed by atoms with Gasteiger partial charge >= 0.3 is 5.97 Å². The third-order valence-corrected chi connectivity index (χ3v) is 6.64. The number of benzene rings is 1. The number of hydrogen-bond acceptors (Lipinski definition) is 6. The van der Waals surface area contributed by atoms with Gasteiger partial charge in [-0.3, -0.25) is 14.7 Å². The number of pyridine rings is 1. The van der Waals surface area contributed by atoms with Crippen LogP contribution >= 0.6 is 0 Å². The lowest BCUT2D eigenvalue weighted by molar-refractivity contribution is -0.139. The Kier molecular flexibility index (Phi) is 8.22. The molecule has 4 rings (SSSR count). The number of fused-ring (bicyclic) bond motifs is 1. The summed E-state index contributed by atoms with van der Waals surface area (Å²) in [5.74, 6) is 6.17. The van der Waals surface area contributed by atoms with Gasteiger partial charge in [-0.05, 0) is 73.5 Å². The van der Waals surface area contributed by atoms with E-state index >= 15 is 4.39 Å². The van der Waals surface area contributed by atoms with Crippen LogP contribution in [0.4, 0.5) is 4.39 Å². The van der Waals surface area contributed by atoms with E-state index in [-0.39, 0.29) is 18.3 Å². The molecule has 1 aliphatic heterocycles. The minimum Gasteiger partial charge on any atom is -0.497 e. The summed E-state index contributed by atoms with van der Waals surface area (Å²) < 4.78 is 20.7. The van der Waals surface area contributed by atoms with Gasteiger partial charge in [0.1, 0.15) is 11.9 Å². The Labute approximate surface area is 204 Å². The van der Waals surface area contributed by atoms with Gasteiger partial charge in [-0.1, -0.05) is 11.8 Å². The number of carboxylic acids is 1. The molecule has 1 aliphatic rings. The Morgan fingerprint density at radius 1 is 1.26 bits per heavy atom. The van der Waals surface area contributed by atoms with E-state index in [9.17, 15) is 9.90 Å². The van der Waals surface area contributed by atoms with Crippen molar-refractivity contribution in [3.63, 3.8) is 0 Å². The molecule has 8 heteroatoms. The maximum Gasteiger partial charge on any atom is 0.303 e. The second-order valence-corrected chi connectivity index (χ2v) is 8.90. The lowest BCUT2D eigenvalue weighted by Crippen LogP contribution is -2.41. The standard InChI is InChI=1S/C27H29FN4O3/c1-35-22-5-7-26-24(16-22)23(9-11-29-26)25(28)6-4-20-10-14-32(18-21(20)15-27(33)34)13-2-3-19-8-12-30-31-17-19/h5,7-9,11-12,16-17,20-21,25H,4,6,10,13-15,18H2,1H3,(H,33,34)/t20-,21+,25+/m1/s1. The van der Waals surface area contributed by atoms with E-state index in [4.69, 9.17) is 4.74 Å². The Morgan fingerprint density at radius 2 is 2.14 bits per heavy atom. The van der Waals surface area contributed by atoms with Gasteiger partial charge in [0.15, 0.2) is 0 Å². The number of nitrogens with zero attached hydrogens (tertiary/aromatic N) is 4. The van der Waals surface area contributed by atoms with E-state index in [0.717, 1.165) is 29.4 Å². The molecule has 3 aromatic rings. The highest BCUT2D eigenvalue weighted by atomic mass is 19.1. The van der Waals surface area contributed by atoms with Crippen molar-refractivity contribution < 1.29 is 19.0 Å². The molecule has 0 amide bonds. The first-order chi connectivity index (χ1) is 17.0. The van der Waals surface area contributed by atoms with Crippen LogP contribution in [-0.2, 0) is 4.79 Å². The van der Waals surface area contributed by atoms with E-state index in [1.165, 1.54) is 0 Å². The van der Waals surface area contributed by atoms with Crippen LogP contribution in [0.25, 0.3) is 10.9 Å². The number of aliphatic carboxylic acids is 1. The van der Waals surface area contributed by atoms with Gasteiger partial charge in [-0.25, -0.2) is 4.39 Å². The third-order valence-electron chi connectivity index (χ3n) is 6.64. The Morgan fingerprint density at radius 3 is 2.91 bits per heavy atom. The molecule has 2 aromatic heterocycles. The molecule has 0 unspecified atom stereocenters. The summed E-state index contributed by atoms with van der Waals surface area (Å²) in [6.07, 6.45) is 5.57. The summed E-state index contributed by atoms with van der Waals surface area (Å²) in [7, 11) is 1.58. The molecule has 3 atom stereocenters.